The molecule has 1 saturated heterocycles. The lowest BCUT2D eigenvalue weighted by Gasteiger charge is -2.31. The van der Waals surface area contributed by atoms with Gasteiger partial charge in [-0.2, -0.15) is 0 Å². The predicted molar refractivity (Wildman–Crippen MR) is 110 cm³/mol. The van der Waals surface area contributed by atoms with E-state index in [2.05, 4.69) is 4.72 Å². The third kappa shape index (κ3) is 5.33. The zero-order valence-electron chi connectivity index (χ0n) is 16.5. The highest BCUT2D eigenvalue weighted by molar-refractivity contribution is 7.89. The smallest absolute Gasteiger partial charge is 0.270 e. The third-order valence-corrected chi connectivity index (χ3v) is 6.66. The molecule has 2 heterocycles. The Kier molecular flexibility index (Phi) is 6.68. The van der Waals surface area contributed by atoms with Gasteiger partial charge in [-0.05, 0) is 49.5 Å². The van der Waals surface area contributed by atoms with Gasteiger partial charge in [0.1, 0.15) is 5.76 Å². The van der Waals surface area contributed by atoms with E-state index in [1.807, 2.05) is 0 Å². The molecule has 3 rings (SSSR count). The van der Waals surface area contributed by atoms with Crippen molar-refractivity contribution in [3.63, 3.8) is 0 Å². The van der Waals surface area contributed by atoms with E-state index in [9.17, 15) is 23.3 Å². The van der Waals surface area contributed by atoms with Crippen molar-refractivity contribution in [1.29, 1.82) is 0 Å². The summed E-state index contributed by atoms with van der Waals surface area (Å²) in [5, 5.41) is 10.9. The minimum atomic E-state index is -3.87. The van der Waals surface area contributed by atoms with Crippen LogP contribution in [0.5, 0.6) is 0 Å². The van der Waals surface area contributed by atoms with Gasteiger partial charge in [-0.25, -0.2) is 13.1 Å². The molecule has 0 bridgehead atoms. The van der Waals surface area contributed by atoms with Crippen molar-refractivity contribution < 1.29 is 22.6 Å². The maximum absolute atomic E-state index is 12.6. The molecule has 2 aromatic rings. The van der Waals surface area contributed by atoms with Crippen LogP contribution in [-0.2, 0) is 14.8 Å². The summed E-state index contributed by atoms with van der Waals surface area (Å²) in [7, 11) is -3.87. The highest BCUT2D eigenvalue weighted by Crippen LogP contribution is 2.23. The molecule has 1 N–H and O–H groups in total. The summed E-state index contributed by atoms with van der Waals surface area (Å²) >= 11 is 0. The number of hydrogen-bond donors (Lipinski definition) is 1. The Morgan fingerprint density at radius 3 is 2.70 bits per heavy atom. The van der Waals surface area contributed by atoms with Crippen LogP contribution >= 0.6 is 0 Å². The van der Waals surface area contributed by atoms with Crippen LogP contribution in [0, 0.1) is 23.0 Å². The number of nitrogens with zero attached hydrogens (tertiary/aromatic N) is 2. The Bertz CT molecular complexity index is 1040. The van der Waals surface area contributed by atoms with Crippen LogP contribution in [-0.4, -0.2) is 43.8 Å². The minimum absolute atomic E-state index is 0.0804. The van der Waals surface area contributed by atoms with Crippen LogP contribution < -0.4 is 4.72 Å². The lowest BCUT2D eigenvalue weighted by molar-refractivity contribution is -0.385. The van der Waals surface area contributed by atoms with E-state index in [1.165, 1.54) is 24.5 Å². The molecule has 30 heavy (non-hydrogen) atoms. The maximum Gasteiger partial charge on any atom is 0.270 e. The van der Waals surface area contributed by atoms with Crippen molar-refractivity contribution in [1.82, 2.24) is 9.62 Å². The molecule has 1 fully saturated rings. The number of carbonyl (C=O) groups is 1. The van der Waals surface area contributed by atoms with E-state index in [0.29, 0.717) is 37.3 Å². The molecule has 1 aliphatic rings. The van der Waals surface area contributed by atoms with Crippen molar-refractivity contribution in [2.75, 3.05) is 19.6 Å². The Labute approximate surface area is 174 Å². The normalized spacial score (nSPS) is 15.6. The van der Waals surface area contributed by atoms with Crippen molar-refractivity contribution >= 4 is 27.7 Å². The van der Waals surface area contributed by atoms with Gasteiger partial charge in [-0.3, -0.25) is 14.9 Å². The van der Waals surface area contributed by atoms with E-state index < -0.39 is 14.9 Å². The zero-order valence-corrected chi connectivity index (χ0v) is 17.3. The molecule has 160 valence electrons. The van der Waals surface area contributed by atoms with Gasteiger partial charge >= 0.3 is 0 Å². The number of nitro groups is 1. The lowest BCUT2D eigenvalue weighted by atomic mass is 9.97. The average Bonchev–Trinajstić information content (AvgIpc) is 3.24. The summed E-state index contributed by atoms with van der Waals surface area (Å²) in [5.41, 5.74) is 0.173. The molecule has 0 saturated carbocycles. The monoisotopic (exact) mass is 433 g/mol. The van der Waals surface area contributed by atoms with Crippen molar-refractivity contribution in [3.8, 4) is 0 Å². The van der Waals surface area contributed by atoms with E-state index in [4.69, 9.17) is 4.42 Å². The molecule has 0 spiro atoms. The summed E-state index contributed by atoms with van der Waals surface area (Å²) < 4.78 is 33.0. The molecule has 0 aliphatic carbocycles. The summed E-state index contributed by atoms with van der Waals surface area (Å²) in [6, 6.07) is 7.27. The van der Waals surface area contributed by atoms with Crippen molar-refractivity contribution in [2.24, 2.45) is 5.92 Å². The molecule has 1 aliphatic heterocycles. The zero-order chi connectivity index (χ0) is 21.7. The van der Waals surface area contributed by atoms with Gasteiger partial charge in [0.05, 0.1) is 16.1 Å². The number of amides is 1. The number of furan rings is 1. The number of nitro benzene ring substituents is 1. The van der Waals surface area contributed by atoms with E-state index in [1.54, 1.807) is 30.0 Å². The maximum atomic E-state index is 12.6. The number of rotatable bonds is 7. The number of sulfonamides is 1. The van der Waals surface area contributed by atoms with Crippen LogP contribution in [0.25, 0.3) is 6.08 Å². The third-order valence-electron chi connectivity index (χ3n) is 5.09. The van der Waals surface area contributed by atoms with Gasteiger partial charge < -0.3 is 9.32 Å². The molecule has 9 nitrogen and oxygen atoms in total. The summed E-state index contributed by atoms with van der Waals surface area (Å²) in [6.45, 7) is 2.88. The standard InChI is InChI=1S/C20H23N3O6S/c1-15-4-5-17(23(25)26)13-19(15)30(27,28)21-14-16-8-10-22(11-9-16)20(24)7-6-18-3-2-12-29-18/h2-7,12-13,16,21H,8-11,14H2,1H3/b7-6+. The largest absolute Gasteiger partial charge is 0.465 e. The molecule has 1 aromatic carbocycles. The van der Waals surface area contributed by atoms with Crippen LogP contribution in [0.1, 0.15) is 24.2 Å². The second-order valence-electron chi connectivity index (χ2n) is 7.18. The van der Waals surface area contributed by atoms with Crippen LogP contribution in [0.2, 0.25) is 0 Å². The Morgan fingerprint density at radius 1 is 1.33 bits per heavy atom. The molecule has 10 heteroatoms. The Morgan fingerprint density at radius 2 is 2.07 bits per heavy atom. The molecule has 0 unspecified atom stereocenters. The van der Waals surface area contributed by atoms with Crippen molar-refractivity contribution in [3.05, 3.63) is 64.1 Å². The summed E-state index contributed by atoms with van der Waals surface area (Å²) in [5.74, 6) is 0.568. The van der Waals surface area contributed by atoms with Crippen LogP contribution in [0.15, 0.2) is 52.0 Å². The van der Waals surface area contributed by atoms with E-state index >= 15 is 0 Å². The summed E-state index contributed by atoms with van der Waals surface area (Å²) in [6.07, 6.45) is 5.94. The number of benzene rings is 1. The fourth-order valence-corrected chi connectivity index (χ4v) is 4.68. The highest BCUT2D eigenvalue weighted by atomic mass is 32.2. The quantitative estimate of drug-likeness (QED) is 0.407. The number of likely N-dealkylation sites (tertiary alicyclic amines) is 1. The first-order chi connectivity index (χ1) is 14.3. The first kappa shape index (κ1) is 21.7. The molecular formula is C20H23N3O6S. The fourth-order valence-electron chi connectivity index (χ4n) is 3.30. The van der Waals surface area contributed by atoms with Gasteiger partial charge in [-0.1, -0.05) is 6.07 Å². The predicted octanol–water partition coefficient (Wildman–Crippen LogP) is 2.73. The van der Waals surface area contributed by atoms with E-state index in [0.717, 1.165) is 6.07 Å². The number of aryl methyl sites for hydroxylation is 1. The SMILES string of the molecule is Cc1ccc([N+](=O)[O-])cc1S(=O)(=O)NCC1CCN(C(=O)/C=C/c2ccco2)CC1. The number of nitrogens with one attached hydrogen (secondary N) is 1. The molecular weight excluding hydrogens is 410 g/mol. The average molecular weight is 433 g/mol. The first-order valence-electron chi connectivity index (χ1n) is 9.51. The van der Waals surface area contributed by atoms with Crippen molar-refractivity contribution in [2.45, 2.75) is 24.7 Å². The summed E-state index contributed by atoms with van der Waals surface area (Å²) in [4.78, 5) is 24.2. The Hall–Kier alpha value is -2.98. The minimum Gasteiger partial charge on any atom is -0.465 e. The second kappa shape index (κ2) is 9.23. The van der Waals surface area contributed by atoms with Gasteiger partial charge in [0, 0.05) is 37.8 Å². The molecule has 1 amide bonds. The Balaban J connectivity index is 1.53. The van der Waals surface area contributed by atoms with Gasteiger partial charge in [0.2, 0.25) is 15.9 Å². The van der Waals surface area contributed by atoms with Crippen LogP contribution in [0.3, 0.4) is 0 Å². The highest BCUT2D eigenvalue weighted by Gasteiger charge is 2.25. The molecule has 1 aromatic heterocycles. The van der Waals surface area contributed by atoms with Gasteiger partial charge in [-0.15, -0.1) is 0 Å². The van der Waals surface area contributed by atoms with E-state index in [-0.39, 0.29) is 29.0 Å². The molecule has 0 radical (unpaired) electrons. The van der Waals surface area contributed by atoms with Gasteiger partial charge in [0.15, 0.2) is 0 Å². The molecule has 0 atom stereocenters. The number of non-ortho nitro benzene ring substituents is 1. The number of hydrogen-bond acceptors (Lipinski definition) is 6. The first-order valence-corrected chi connectivity index (χ1v) is 11.0. The second-order valence-corrected chi connectivity index (χ2v) is 8.91. The van der Waals surface area contributed by atoms with Gasteiger partial charge in [0.25, 0.3) is 5.69 Å². The number of carbonyl (C=O) groups excluding carboxylic acids is 1. The number of piperidine rings is 1. The topological polar surface area (TPSA) is 123 Å². The lowest BCUT2D eigenvalue weighted by Crippen LogP contribution is -2.41. The van der Waals surface area contributed by atoms with Crippen LogP contribution in [0.4, 0.5) is 5.69 Å². The fraction of sp³-hybridized carbons (Fsp3) is 0.350.